The highest BCUT2D eigenvalue weighted by Gasteiger charge is 2.30. The second kappa shape index (κ2) is 8.31. The molecule has 0 aliphatic carbocycles. The molecule has 1 amide bonds. The van der Waals surface area contributed by atoms with E-state index in [1.807, 2.05) is 39.0 Å². The average molecular weight is 409 g/mol. The van der Waals surface area contributed by atoms with Crippen LogP contribution in [0.5, 0.6) is 0 Å². The lowest BCUT2D eigenvalue weighted by Crippen LogP contribution is -2.48. The predicted octanol–water partition coefficient (Wildman–Crippen LogP) is 3.99. The van der Waals surface area contributed by atoms with E-state index in [0.717, 1.165) is 21.7 Å². The fraction of sp³-hybridized carbons (Fsp3) is 0.350. The molecule has 146 valence electrons. The van der Waals surface area contributed by atoms with Gasteiger partial charge >= 0.3 is 0 Å². The van der Waals surface area contributed by atoms with Crippen molar-refractivity contribution in [3.63, 3.8) is 0 Å². The Bertz CT molecular complexity index is 944. The van der Waals surface area contributed by atoms with Gasteiger partial charge in [-0.25, -0.2) is 8.42 Å². The van der Waals surface area contributed by atoms with Crippen molar-refractivity contribution < 1.29 is 13.2 Å². The molecule has 5 nitrogen and oxygen atoms in total. The van der Waals surface area contributed by atoms with E-state index >= 15 is 0 Å². The van der Waals surface area contributed by atoms with Crippen LogP contribution in [0.25, 0.3) is 0 Å². The molecule has 27 heavy (non-hydrogen) atoms. The minimum Gasteiger partial charge on any atom is -0.348 e. The Kier molecular flexibility index (Phi) is 6.54. The van der Waals surface area contributed by atoms with Gasteiger partial charge in [0.25, 0.3) is 0 Å². The third-order valence-electron chi connectivity index (χ3n) is 4.54. The van der Waals surface area contributed by atoms with Crippen molar-refractivity contribution in [1.82, 2.24) is 5.32 Å². The van der Waals surface area contributed by atoms with Gasteiger partial charge in [-0.15, -0.1) is 0 Å². The Labute approximate surface area is 166 Å². The zero-order valence-corrected chi connectivity index (χ0v) is 17.7. The number of rotatable bonds is 6. The molecule has 0 unspecified atom stereocenters. The number of sulfonamides is 1. The first-order chi connectivity index (χ1) is 12.5. The third-order valence-corrected chi connectivity index (χ3v) is 6.02. The SMILES string of the molecule is Cc1ccc([C@H](C)NC(=O)[C@H](C)N(c2cccc(Cl)c2)S(C)(=O)=O)cc1C. The van der Waals surface area contributed by atoms with Crippen LogP contribution in [0.3, 0.4) is 0 Å². The van der Waals surface area contributed by atoms with E-state index in [-0.39, 0.29) is 11.9 Å². The molecule has 2 rings (SSSR count). The van der Waals surface area contributed by atoms with Gasteiger partial charge < -0.3 is 5.32 Å². The molecule has 0 spiro atoms. The smallest absolute Gasteiger partial charge is 0.244 e. The van der Waals surface area contributed by atoms with E-state index < -0.39 is 16.1 Å². The largest absolute Gasteiger partial charge is 0.348 e. The van der Waals surface area contributed by atoms with Crippen molar-refractivity contribution in [1.29, 1.82) is 0 Å². The van der Waals surface area contributed by atoms with Gasteiger partial charge in [-0.2, -0.15) is 0 Å². The summed E-state index contributed by atoms with van der Waals surface area (Å²) in [6.07, 6.45) is 1.07. The van der Waals surface area contributed by atoms with E-state index in [4.69, 9.17) is 11.6 Å². The summed E-state index contributed by atoms with van der Waals surface area (Å²) in [5.41, 5.74) is 3.63. The molecular formula is C20H25ClN2O3S. The summed E-state index contributed by atoms with van der Waals surface area (Å²) in [4.78, 5) is 12.8. The number of aryl methyl sites for hydroxylation is 2. The number of carbonyl (C=O) groups is 1. The van der Waals surface area contributed by atoms with Gasteiger partial charge in [0.05, 0.1) is 18.0 Å². The minimum absolute atomic E-state index is 0.250. The van der Waals surface area contributed by atoms with E-state index in [9.17, 15) is 13.2 Å². The molecule has 0 fully saturated rings. The normalized spacial score (nSPS) is 13.7. The van der Waals surface area contributed by atoms with Crippen molar-refractivity contribution in [2.24, 2.45) is 0 Å². The van der Waals surface area contributed by atoms with Gasteiger partial charge in [0, 0.05) is 5.02 Å². The number of nitrogens with zero attached hydrogens (tertiary/aromatic N) is 1. The van der Waals surface area contributed by atoms with Gasteiger partial charge in [-0.3, -0.25) is 9.10 Å². The fourth-order valence-electron chi connectivity index (χ4n) is 2.87. The Hall–Kier alpha value is -2.05. The van der Waals surface area contributed by atoms with Gasteiger partial charge in [-0.1, -0.05) is 35.9 Å². The Morgan fingerprint density at radius 3 is 2.30 bits per heavy atom. The van der Waals surface area contributed by atoms with Crippen LogP contribution in [0.15, 0.2) is 42.5 Å². The molecule has 0 aliphatic heterocycles. The Morgan fingerprint density at radius 1 is 1.07 bits per heavy atom. The quantitative estimate of drug-likeness (QED) is 0.785. The summed E-state index contributed by atoms with van der Waals surface area (Å²) in [5.74, 6) is -0.383. The summed E-state index contributed by atoms with van der Waals surface area (Å²) in [5, 5.41) is 3.30. The van der Waals surface area contributed by atoms with Gasteiger partial charge in [-0.05, 0) is 62.6 Å². The first-order valence-electron chi connectivity index (χ1n) is 8.63. The van der Waals surface area contributed by atoms with Crippen LogP contribution < -0.4 is 9.62 Å². The molecule has 2 aromatic carbocycles. The van der Waals surface area contributed by atoms with Crippen LogP contribution in [0, 0.1) is 13.8 Å². The maximum Gasteiger partial charge on any atom is 0.244 e. The summed E-state index contributed by atoms with van der Waals surface area (Å²) in [6, 6.07) is 11.3. The second-order valence-corrected chi connectivity index (χ2v) is 9.08. The molecule has 0 saturated carbocycles. The topological polar surface area (TPSA) is 66.5 Å². The molecule has 0 saturated heterocycles. The highest BCUT2D eigenvalue weighted by molar-refractivity contribution is 7.92. The summed E-state index contributed by atoms with van der Waals surface area (Å²) < 4.78 is 25.7. The molecule has 7 heteroatoms. The van der Waals surface area contributed by atoms with Crippen LogP contribution in [-0.2, 0) is 14.8 Å². The summed E-state index contributed by atoms with van der Waals surface area (Å²) >= 11 is 5.99. The van der Waals surface area contributed by atoms with Crippen LogP contribution in [0.2, 0.25) is 5.02 Å². The molecule has 0 heterocycles. The lowest BCUT2D eigenvalue weighted by Gasteiger charge is -2.29. The molecule has 2 atom stereocenters. The number of halogens is 1. The number of anilines is 1. The first kappa shape index (κ1) is 21.3. The lowest BCUT2D eigenvalue weighted by atomic mass is 10.0. The number of benzene rings is 2. The van der Waals surface area contributed by atoms with Crippen LogP contribution >= 0.6 is 11.6 Å². The van der Waals surface area contributed by atoms with Crippen molar-refractivity contribution in [2.75, 3.05) is 10.6 Å². The van der Waals surface area contributed by atoms with Crippen LogP contribution in [0.1, 0.15) is 36.6 Å². The zero-order valence-electron chi connectivity index (χ0n) is 16.2. The molecular weight excluding hydrogens is 384 g/mol. The Morgan fingerprint density at radius 2 is 1.74 bits per heavy atom. The molecule has 2 aromatic rings. The number of nitrogens with one attached hydrogen (secondary N) is 1. The van der Waals surface area contributed by atoms with Gasteiger partial charge in [0.1, 0.15) is 6.04 Å². The number of amides is 1. The molecule has 0 aliphatic rings. The Balaban J connectivity index is 2.25. The summed E-state index contributed by atoms with van der Waals surface area (Å²) in [7, 11) is -3.68. The van der Waals surface area contributed by atoms with Gasteiger partial charge in [0.15, 0.2) is 0 Å². The number of carbonyl (C=O) groups excluding carboxylic acids is 1. The van der Waals surface area contributed by atoms with Gasteiger partial charge in [0.2, 0.25) is 15.9 Å². The predicted molar refractivity (Wildman–Crippen MR) is 111 cm³/mol. The van der Waals surface area contributed by atoms with Crippen LogP contribution in [-0.4, -0.2) is 26.6 Å². The minimum atomic E-state index is -3.68. The molecule has 1 N–H and O–H groups in total. The maximum absolute atomic E-state index is 12.8. The third kappa shape index (κ3) is 5.23. The first-order valence-corrected chi connectivity index (χ1v) is 10.9. The van der Waals surface area contributed by atoms with Crippen molar-refractivity contribution in [3.05, 3.63) is 64.2 Å². The van der Waals surface area contributed by atoms with E-state index in [1.165, 1.54) is 11.6 Å². The highest BCUT2D eigenvalue weighted by atomic mass is 35.5. The lowest BCUT2D eigenvalue weighted by molar-refractivity contribution is -0.122. The van der Waals surface area contributed by atoms with Crippen molar-refractivity contribution in [2.45, 2.75) is 39.8 Å². The monoisotopic (exact) mass is 408 g/mol. The maximum atomic E-state index is 12.8. The van der Waals surface area contributed by atoms with Crippen LogP contribution in [0.4, 0.5) is 5.69 Å². The van der Waals surface area contributed by atoms with Crippen molar-refractivity contribution in [3.8, 4) is 0 Å². The average Bonchev–Trinajstić information content (AvgIpc) is 2.56. The van der Waals surface area contributed by atoms with Crippen molar-refractivity contribution >= 4 is 33.2 Å². The van der Waals surface area contributed by atoms with E-state index in [2.05, 4.69) is 5.32 Å². The second-order valence-electron chi connectivity index (χ2n) is 6.79. The summed E-state index contributed by atoms with van der Waals surface area (Å²) in [6.45, 7) is 7.48. The molecule has 0 aromatic heterocycles. The molecule has 0 radical (unpaired) electrons. The standard InChI is InChI=1S/C20H25ClN2O3S/c1-13-9-10-17(11-14(13)2)15(3)22-20(24)16(4)23(27(5,25)26)19-8-6-7-18(21)12-19/h6-12,15-16H,1-5H3,(H,22,24)/t15-,16-/m0/s1. The van der Waals surface area contributed by atoms with E-state index in [1.54, 1.807) is 25.1 Å². The fourth-order valence-corrected chi connectivity index (χ4v) is 4.22. The molecule has 0 bridgehead atoms. The highest BCUT2D eigenvalue weighted by Crippen LogP contribution is 2.25. The zero-order chi connectivity index (χ0) is 20.4. The number of hydrogen-bond acceptors (Lipinski definition) is 3. The number of hydrogen-bond donors (Lipinski definition) is 1. The van der Waals surface area contributed by atoms with E-state index in [0.29, 0.717) is 10.7 Å².